The summed E-state index contributed by atoms with van der Waals surface area (Å²) < 4.78 is 27.1. The van der Waals surface area contributed by atoms with Gasteiger partial charge in [0.2, 0.25) is 0 Å². The maximum atomic E-state index is 11.2. The van der Waals surface area contributed by atoms with Crippen molar-refractivity contribution in [1.29, 1.82) is 0 Å². The second kappa shape index (κ2) is 4.66. The summed E-state index contributed by atoms with van der Waals surface area (Å²) in [7, 11) is -3.53. The summed E-state index contributed by atoms with van der Waals surface area (Å²) >= 11 is 5.32. The molecule has 1 aromatic carbocycles. The van der Waals surface area contributed by atoms with Gasteiger partial charge in [-0.3, -0.25) is 0 Å². The second-order valence-electron chi connectivity index (χ2n) is 2.85. The molecule has 78 valence electrons. The summed E-state index contributed by atoms with van der Waals surface area (Å²) in [4.78, 5) is 0. The van der Waals surface area contributed by atoms with Gasteiger partial charge in [-0.05, 0) is 19.1 Å². The van der Waals surface area contributed by atoms with Crippen LogP contribution in [-0.2, 0) is 10.1 Å². The van der Waals surface area contributed by atoms with E-state index in [-0.39, 0.29) is 11.6 Å². The maximum absolute atomic E-state index is 11.2. The van der Waals surface area contributed by atoms with Crippen LogP contribution in [0.4, 0.5) is 0 Å². The molecule has 0 saturated carbocycles. The second-order valence-corrected chi connectivity index (χ2v) is 4.92. The van der Waals surface area contributed by atoms with Crippen LogP contribution in [0.25, 0.3) is 0 Å². The fraction of sp³-hybridized carbons (Fsp3) is 0.333. The first-order valence-electron chi connectivity index (χ1n) is 4.08. The Balaban J connectivity index is 2.74. The molecule has 0 N–H and O–H groups in total. The molecule has 0 saturated heterocycles. The van der Waals surface area contributed by atoms with E-state index in [9.17, 15) is 8.42 Å². The van der Waals surface area contributed by atoms with E-state index in [1.165, 1.54) is 0 Å². The number of benzene rings is 1. The van der Waals surface area contributed by atoms with Crippen LogP contribution in [0.5, 0.6) is 5.75 Å². The molecule has 0 amide bonds. The highest BCUT2D eigenvalue weighted by atomic mass is 35.5. The van der Waals surface area contributed by atoms with Gasteiger partial charge in [-0.1, -0.05) is 17.7 Å². The Kier molecular flexibility index (Phi) is 3.77. The molecule has 0 spiro atoms. The molecule has 0 radical (unpaired) electrons. The standard InChI is InChI=1S/C9H11ClO3S/c1-8-2-4-9(5-3-8)13-14(11,12)7-6-10/h2-5H,6-7H2,1H3. The molecular weight excluding hydrogens is 224 g/mol. The predicted octanol–water partition coefficient (Wildman–Crippen LogP) is 1.94. The van der Waals surface area contributed by atoms with Crippen molar-refractivity contribution in [2.45, 2.75) is 6.92 Å². The molecule has 0 aromatic heterocycles. The van der Waals surface area contributed by atoms with Crippen LogP contribution in [0.1, 0.15) is 5.56 Å². The largest absolute Gasteiger partial charge is 0.382 e. The molecule has 1 rings (SSSR count). The van der Waals surface area contributed by atoms with Crippen LogP contribution in [0.15, 0.2) is 24.3 Å². The Morgan fingerprint density at radius 3 is 2.36 bits per heavy atom. The summed E-state index contributed by atoms with van der Waals surface area (Å²) in [6.07, 6.45) is 0. The number of rotatable bonds is 4. The van der Waals surface area contributed by atoms with Crippen molar-refractivity contribution in [2.24, 2.45) is 0 Å². The zero-order valence-electron chi connectivity index (χ0n) is 7.73. The monoisotopic (exact) mass is 234 g/mol. The van der Waals surface area contributed by atoms with Crippen LogP contribution in [-0.4, -0.2) is 20.1 Å². The summed E-state index contributed by atoms with van der Waals surface area (Å²) in [6, 6.07) is 6.79. The fourth-order valence-corrected chi connectivity index (χ4v) is 2.12. The molecule has 14 heavy (non-hydrogen) atoms. The molecule has 0 unspecified atom stereocenters. The predicted molar refractivity (Wildman–Crippen MR) is 56.3 cm³/mol. The van der Waals surface area contributed by atoms with Gasteiger partial charge in [-0.15, -0.1) is 11.6 Å². The number of aryl methyl sites for hydroxylation is 1. The zero-order chi connectivity index (χ0) is 10.6. The Morgan fingerprint density at radius 1 is 1.29 bits per heavy atom. The molecule has 1 aromatic rings. The van der Waals surface area contributed by atoms with Gasteiger partial charge in [-0.25, -0.2) is 0 Å². The molecule has 0 fully saturated rings. The number of hydrogen-bond donors (Lipinski definition) is 0. The third kappa shape index (κ3) is 3.55. The normalized spacial score (nSPS) is 11.3. The van der Waals surface area contributed by atoms with Crippen LogP contribution >= 0.6 is 11.6 Å². The minimum absolute atomic E-state index is 0.0359. The molecule has 0 aliphatic carbocycles. The fourth-order valence-electron chi connectivity index (χ4n) is 0.877. The van der Waals surface area contributed by atoms with Crippen LogP contribution in [0, 0.1) is 6.92 Å². The lowest BCUT2D eigenvalue weighted by atomic mass is 10.2. The van der Waals surface area contributed by atoms with Gasteiger partial charge >= 0.3 is 10.1 Å². The van der Waals surface area contributed by atoms with E-state index >= 15 is 0 Å². The average Bonchev–Trinajstić information content (AvgIpc) is 2.08. The minimum Gasteiger partial charge on any atom is -0.382 e. The molecule has 3 nitrogen and oxygen atoms in total. The Hall–Kier alpha value is -0.740. The highest BCUT2D eigenvalue weighted by Gasteiger charge is 2.10. The molecule has 0 heterocycles. The van der Waals surface area contributed by atoms with Gasteiger partial charge in [-0.2, -0.15) is 8.42 Å². The summed E-state index contributed by atoms with van der Waals surface area (Å²) in [5.41, 5.74) is 1.05. The molecule has 0 bridgehead atoms. The zero-order valence-corrected chi connectivity index (χ0v) is 9.31. The maximum Gasteiger partial charge on any atom is 0.310 e. The van der Waals surface area contributed by atoms with E-state index in [1.54, 1.807) is 24.3 Å². The van der Waals surface area contributed by atoms with E-state index in [2.05, 4.69) is 0 Å². The molecule has 0 aliphatic rings. The van der Waals surface area contributed by atoms with Crippen LogP contribution in [0.2, 0.25) is 0 Å². The molecule has 0 atom stereocenters. The van der Waals surface area contributed by atoms with E-state index in [4.69, 9.17) is 15.8 Å². The van der Waals surface area contributed by atoms with E-state index < -0.39 is 10.1 Å². The van der Waals surface area contributed by atoms with Crippen LogP contribution < -0.4 is 4.18 Å². The first-order chi connectivity index (χ1) is 6.53. The lowest BCUT2D eigenvalue weighted by Gasteiger charge is -2.05. The molecule has 5 heteroatoms. The van der Waals surface area contributed by atoms with Crippen LogP contribution in [0.3, 0.4) is 0 Å². The number of halogens is 1. The third-order valence-corrected chi connectivity index (χ3v) is 3.13. The molecule has 0 aliphatic heterocycles. The van der Waals surface area contributed by atoms with Gasteiger partial charge in [0.1, 0.15) is 5.75 Å². The number of hydrogen-bond acceptors (Lipinski definition) is 3. The van der Waals surface area contributed by atoms with Crippen molar-refractivity contribution in [3.05, 3.63) is 29.8 Å². The topological polar surface area (TPSA) is 43.4 Å². The van der Waals surface area contributed by atoms with Crippen molar-refractivity contribution in [3.63, 3.8) is 0 Å². The van der Waals surface area contributed by atoms with Crippen molar-refractivity contribution in [1.82, 2.24) is 0 Å². The minimum atomic E-state index is -3.53. The Bertz CT molecular complexity index is 383. The average molecular weight is 235 g/mol. The first-order valence-corrected chi connectivity index (χ1v) is 6.19. The quantitative estimate of drug-likeness (QED) is 0.591. The Labute approximate surface area is 88.8 Å². The highest BCUT2D eigenvalue weighted by molar-refractivity contribution is 7.87. The van der Waals surface area contributed by atoms with E-state index in [0.717, 1.165) is 5.56 Å². The van der Waals surface area contributed by atoms with Crippen molar-refractivity contribution < 1.29 is 12.6 Å². The van der Waals surface area contributed by atoms with Gasteiger partial charge in [0.25, 0.3) is 0 Å². The SMILES string of the molecule is Cc1ccc(OS(=O)(=O)CCCl)cc1. The summed E-state index contributed by atoms with van der Waals surface area (Å²) in [5.74, 6) is 0.178. The lowest BCUT2D eigenvalue weighted by molar-refractivity contribution is 0.487. The van der Waals surface area contributed by atoms with Crippen molar-refractivity contribution in [3.8, 4) is 5.75 Å². The summed E-state index contributed by atoms with van der Waals surface area (Å²) in [5, 5.41) is 0. The van der Waals surface area contributed by atoms with Gasteiger partial charge in [0, 0.05) is 5.88 Å². The third-order valence-electron chi connectivity index (χ3n) is 1.57. The lowest BCUT2D eigenvalue weighted by Crippen LogP contribution is -2.14. The number of alkyl halides is 1. The van der Waals surface area contributed by atoms with Crippen molar-refractivity contribution in [2.75, 3.05) is 11.6 Å². The first kappa shape index (κ1) is 11.3. The van der Waals surface area contributed by atoms with E-state index in [1.807, 2.05) is 6.92 Å². The Morgan fingerprint density at radius 2 is 1.86 bits per heavy atom. The smallest absolute Gasteiger partial charge is 0.310 e. The summed E-state index contributed by atoms with van der Waals surface area (Å²) in [6.45, 7) is 1.91. The van der Waals surface area contributed by atoms with E-state index in [0.29, 0.717) is 5.75 Å². The van der Waals surface area contributed by atoms with Gasteiger partial charge in [0.05, 0.1) is 5.75 Å². The van der Waals surface area contributed by atoms with Gasteiger partial charge < -0.3 is 4.18 Å². The van der Waals surface area contributed by atoms with Gasteiger partial charge in [0.15, 0.2) is 0 Å². The molecular formula is C9H11ClO3S. The van der Waals surface area contributed by atoms with Crippen molar-refractivity contribution >= 4 is 21.7 Å². The highest BCUT2D eigenvalue weighted by Crippen LogP contribution is 2.13.